The molecule has 0 aliphatic rings. The first-order chi connectivity index (χ1) is 11.6. The van der Waals surface area contributed by atoms with Crippen molar-refractivity contribution in [2.24, 2.45) is 5.41 Å². The largest absolute Gasteiger partial charge is 0.354 e. The second-order valence-electron chi connectivity index (χ2n) is 7.06. The molecule has 25 heavy (non-hydrogen) atoms. The molecule has 0 radical (unpaired) electrons. The smallest absolute Gasteiger partial charge is 0.220 e. The zero-order valence-electron chi connectivity index (χ0n) is 14.5. The molecule has 0 fully saturated rings. The minimum atomic E-state index is -3.68. The fourth-order valence-corrected chi connectivity index (χ4v) is 5.27. The lowest BCUT2D eigenvalue weighted by Gasteiger charge is -2.21. The molecule has 7 heteroatoms. The average molecular weight is 384 g/mol. The number of carbonyl (C=O) groups excluding carboxylic acids is 1. The molecule has 136 valence electrons. The van der Waals surface area contributed by atoms with Crippen LogP contribution in [0.15, 0.2) is 46.0 Å². The van der Waals surface area contributed by atoms with Gasteiger partial charge in [-0.1, -0.05) is 39.0 Å². The average Bonchev–Trinajstić information content (AvgIpc) is 3.02. The molecule has 0 saturated heterocycles. The lowest BCUT2D eigenvalue weighted by molar-refractivity contribution is -0.122. The molecular formula is C18H22FNO3S2. The molecule has 0 aliphatic heterocycles. The van der Waals surface area contributed by atoms with E-state index in [-0.39, 0.29) is 22.1 Å². The summed E-state index contributed by atoms with van der Waals surface area (Å²) in [6.07, 6.45) is 0.294. The number of nitrogens with one attached hydrogen (secondary N) is 1. The molecule has 1 N–H and O–H groups in total. The molecule has 2 rings (SSSR count). The van der Waals surface area contributed by atoms with Crippen LogP contribution in [0.1, 0.15) is 38.0 Å². The summed E-state index contributed by atoms with van der Waals surface area (Å²) < 4.78 is 39.3. The van der Waals surface area contributed by atoms with E-state index in [2.05, 4.69) is 5.32 Å². The molecule has 1 aromatic carbocycles. The lowest BCUT2D eigenvalue weighted by atomic mass is 9.92. The van der Waals surface area contributed by atoms with Crippen LogP contribution in [0, 0.1) is 11.2 Å². The second kappa shape index (κ2) is 7.66. The number of benzene rings is 1. The van der Waals surface area contributed by atoms with Crippen molar-refractivity contribution in [3.05, 3.63) is 53.2 Å². The maximum absolute atomic E-state index is 13.2. The van der Waals surface area contributed by atoms with Gasteiger partial charge < -0.3 is 5.32 Å². The second-order valence-corrected chi connectivity index (χ2v) is 10.4. The highest BCUT2D eigenvalue weighted by Gasteiger charge is 2.30. The summed E-state index contributed by atoms with van der Waals surface area (Å²) in [5.74, 6) is -0.645. The molecular weight excluding hydrogens is 361 g/mol. The van der Waals surface area contributed by atoms with E-state index in [1.807, 2.05) is 20.8 Å². The Morgan fingerprint density at radius 2 is 1.84 bits per heavy atom. The van der Waals surface area contributed by atoms with Gasteiger partial charge in [0, 0.05) is 13.0 Å². The molecule has 1 aromatic heterocycles. The van der Waals surface area contributed by atoms with Crippen molar-refractivity contribution in [3.63, 3.8) is 0 Å². The van der Waals surface area contributed by atoms with Crippen molar-refractivity contribution in [2.75, 3.05) is 6.54 Å². The molecule has 1 unspecified atom stereocenters. The highest BCUT2D eigenvalue weighted by atomic mass is 32.2. The summed E-state index contributed by atoms with van der Waals surface area (Å²) in [6, 6.07) is 8.54. The van der Waals surface area contributed by atoms with Crippen molar-refractivity contribution >= 4 is 27.1 Å². The van der Waals surface area contributed by atoms with Gasteiger partial charge in [-0.15, -0.1) is 11.3 Å². The van der Waals surface area contributed by atoms with Crippen LogP contribution in [0.25, 0.3) is 0 Å². The van der Waals surface area contributed by atoms with Crippen molar-refractivity contribution in [1.82, 2.24) is 5.32 Å². The molecule has 4 nitrogen and oxygen atoms in total. The molecule has 1 amide bonds. The van der Waals surface area contributed by atoms with E-state index in [0.717, 1.165) is 11.3 Å². The minimum Gasteiger partial charge on any atom is -0.354 e. The van der Waals surface area contributed by atoms with Gasteiger partial charge in [0.2, 0.25) is 5.91 Å². The van der Waals surface area contributed by atoms with Crippen LogP contribution in [-0.2, 0) is 14.6 Å². The summed E-state index contributed by atoms with van der Waals surface area (Å²) in [6.45, 7) is 5.76. The Morgan fingerprint density at radius 3 is 2.36 bits per heavy atom. The van der Waals surface area contributed by atoms with Gasteiger partial charge in [0.05, 0.1) is 0 Å². The minimum absolute atomic E-state index is 0.0548. The SMILES string of the molecule is CC(C)(C)CC(=O)NCC(c1ccc(F)cc1)S(=O)(=O)c1cccs1. The maximum atomic E-state index is 13.2. The fraction of sp³-hybridized carbons (Fsp3) is 0.389. The fourth-order valence-electron chi connectivity index (χ4n) is 2.40. The Hall–Kier alpha value is -1.73. The zero-order valence-corrected chi connectivity index (χ0v) is 16.1. The van der Waals surface area contributed by atoms with E-state index in [9.17, 15) is 17.6 Å². The monoisotopic (exact) mass is 383 g/mol. The first-order valence-electron chi connectivity index (χ1n) is 7.89. The van der Waals surface area contributed by atoms with Crippen molar-refractivity contribution < 1.29 is 17.6 Å². The molecule has 1 atom stereocenters. The quantitative estimate of drug-likeness (QED) is 0.821. The predicted octanol–water partition coefficient (Wildman–Crippen LogP) is 3.95. The molecule has 2 aromatic rings. The summed E-state index contributed by atoms with van der Waals surface area (Å²) in [5.41, 5.74) is 0.257. The van der Waals surface area contributed by atoms with Gasteiger partial charge in [-0.05, 0) is 34.6 Å². The van der Waals surface area contributed by atoms with Crippen LogP contribution >= 0.6 is 11.3 Å². The van der Waals surface area contributed by atoms with Gasteiger partial charge in [0.1, 0.15) is 15.3 Å². The van der Waals surface area contributed by atoms with E-state index < -0.39 is 20.9 Å². The number of carbonyl (C=O) groups is 1. The van der Waals surface area contributed by atoms with Crippen molar-refractivity contribution in [1.29, 1.82) is 0 Å². The Bertz CT molecular complexity index is 807. The summed E-state index contributed by atoms with van der Waals surface area (Å²) in [7, 11) is -3.68. The van der Waals surface area contributed by atoms with E-state index in [4.69, 9.17) is 0 Å². The van der Waals surface area contributed by atoms with Gasteiger partial charge in [-0.25, -0.2) is 12.8 Å². The Morgan fingerprint density at radius 1 is 1.20 bits per heavy atom. The van der Waals surface area contributed by atoms with E-state index in [0.29, 0.717) is 12.0 Å². The molecule has 0 aliphatic carbocycles. The summed E-state index contributed by atoms with van der Waals surface area (Å²) in [5, 5.41) is 3.44. The number of sulfone groups is 1. The topological polar surface area (TPSA) is 63.2 Å². The molecule has 0 spiro atoms. The van der Waals surface area contributed by atoms with E-state index in [1.165, 1.54) is 30.3 Å². The third-order valence-corrected chi connectivity index (χ3v) is 7.10. The van der Waals surface area contributed by atoms with E-state index in [1.54, 1.807) is 11.4 Å². The van der Waals surface area contributed by atoms with E-state index >= 15 is 0 Å². The molecule has 0 bridgehead atoms. The molecule has 0 saturated carbocycles. The first kappa shape index (κ1) is 19.6. The Labute approximate surface area is 152 Å². The van der Waals surface area contributed by atoms with Crippen molar-refractivity contribution in [2.45, 2.75) is 36.7 Å². The van der Waals surface area contributed by atoms with Crippen LogP contribution < -0.4 is 5.32 Å². The Kier molecular flexibility index (Phi) is 6.00. The number of hydrogen-bond acceptors (Lipinski definition) is 4. The first-order valence-corrected chi connectivity index (χ1v) is 10.3. The van der Waals surface area contributed by atoms with Gasteiger partial charge in [0.15, 0.2) is 9.84 Å². The van der Waals surface area contributed by atoms with Gasteiger partial charge in [-0.2, -0.15) is 0 Å². The standard InChI is InChI=1S/C18H22FNO3S2/c1-18(2,3)11-16(21)20-12-15(13-6-8-14(19)9-7-13)25(22,23)17-5-4-10-24-17/h4-10,15H,11-12H2,1-3H3,(H,20,21). The third kappa shape index (κ3) is 5.37. The number of halogens is 1. The Balaban J connectivity index is 2.27. The maximum Gasteiger partial charge on any atom is 0.220 e. The van der Waals surface area contributed by atoms with Crippen LogP contribution in [0.3, 0.4) is 0 Å². The summed E-state index contributed by atoms with van der Waals surface area (Å²) >= 11 is 1.13. The zero-order chi connectivity index (χ0) is 18.7. The van der Waals surface area contributed by atoms with Crippen LogP contribution in [0.2, 0.25) is 0 Å². The molecule has 1 heterocycles. The van der Waals surface area contributed by atoms with Gasteiger partial charge >= 0.3 is 0 Å². The number of rotatable bonds is 6. The summed E-state index contributed by atoms with van der Waals surface area (Å²) in [4.78, 5) is 12.1. The predicted molar refractivity (Wildman–Crippen MR) is 97.7 cm³/mol. The third-order valence-electron chi connectivity index (χ3n) is 3.57. The highest BCUT2D eigenvalue weighted by Crippen LogP contribution is 2.31. The number of hydrogen-bond donors (Lipinski definition) is 1. The van der Waals surface area contributed by atoms with Gasteiger partial charge in [0.25, 0.3) is 0 Å². The number of thiophene rings is 1. The van der Waals surface area contributed by atoms with Crippen LogP contribution in [-0.4, -0.2) is 20.9 Å². The highest BCUT2D eigenvalue weighted by molar-refractivity contribution is 7.93. The van der Waals surface area contributed by atoms with Crippen LogP contribution in [0.5, 0.6) is 0 Å². The van der Waals surface area contributed by atoms with Crippen molar-refractivity contribution in [3.8, 4) is 0 Å². The van der Waals surface area contributed by atoms with Crippen LogP contribution in [0.4, 0.5) is 4.39 Å². The normalized spacial score (nSPS) is 13.4. The number of amides is 1. The lowest BCUT2D eigenvalue weighted by Crippen LogP contribution is -2.33. The van der Waals surface area contributed by atoms with Gasteiger partial charge in [-0.3, -0.25) is 4.79 Å².